The lowest BCUT2D eigenvalue weighted by Gasteiger charge is -2.15. The number of pyridine rings is 1. The van der Waals surface area contributed by atoms with E-state index in [9.17, 15) is 13.2 Å². The van der Waals surface area contributed by atoms with Crippen molar-refractivity contribution in [3.05, 3.63) is 41.5 Å². The average Bonchev–Trinajstić information content (AvgIpc) is 3.40. The minimum absolute atomic E-state index is 0.0879. The Bertz CT molecular complexity index is 1140. The van der Waals surface area contributed by atoms with Gasteiger partial charge in [-0.15, -0.1) is 0 Å². The van der Waals surface area contributed by atoms with E-state index in [-0.39, 0.29) is 28.5 Å². The molecule has 2 fully saturated rings. The zero-order chi connectivity index (χ0) is 23.9. The minimum atomic E-state index is -4.64. The minimum Gasteiger partial charge on any atom is -0.399 e. The summed E-state index contributed by atoms with van der Waals surface area (Å²) in [6, 6.07) is 3.22. The van der Waals surface area contributed by atoms with Crippen molar-refractivity contribution in [2.75, 3.05) is 18.8 Å². The van der Waals surface area contributed by atoms with Gasteiger partial charge < -0.3 is 11.1 Å². The summed E-state index contributed by atoms with van der Waals surface area (Å²) in [5.41, 5.74) is 4.86. The molecule has 1 aliphatic heterocycles. The molecule has 3 N–H and O–H groups in total. The Hall–Kier alpha value is -2.68. The van der Waals surface area contributed by atoms with E-state index in [0.717, 1.165) is 42.9 Å². The molecule has 0 spiro atoms. The number of halogens is 4. The van der Waals surface area contributed by atoms with Crippen LogP contribution < -0.4 is 11.1 Å². The second kappa shape index (κ2) is 8.93. The summed E-state index contributed by atoms with van der Waals surface area (Å²) in [5, 5.41) is 8.10. The van der Waals surface area contributed by atoms with Gasteiger partial charge in [0, 0.05) is 16.6 Å². The normalized spacial score (nSPS) is 20.7. The Morgan fingerprint density at radius 1 is 1.15 bits per heavy atom. The summed E-state index contributed by atoms with van der Waals surface area (Å²) in [6.07, 6.45) is -0.905. The molecule has 1 saturated heterocycles. The van der Waals surface area contributed by atoms with Crippen molar-refractivity contribution in [2.45, 2.75) is 52.3 Å². The molecular formula is C24H29F4N5. The number of nitrogens with zero attached hydrogens (tertiary/aromatic N) is 3. The van der Waals surface area contributed by atoms with Crippen LogP contribution in [0.4, 0.5) is 23.2 Å². The van der Waals surface area contributed by atoms with Crippen LogP contribution >= 0.6 is 0 Å². The molecule has 1 aromatic carbocycles. The predicted octanol–water partition coefficient (Wildman–Crippen LogP) is 5.60. The zero-order valence-electron chi connectivity index (χ0n) is 19.0. The zero-order valence-corrected chi connectivity index (χ0v) is 19.0. The maximum atomic E-state index is 15.3. The lowest BCUT2D eigenvalue weighted by atomic mass is 10.0. The number of aryl methyl sites for hydroxylation is 1. The number of aromatic nitrogens is 3. The molecule has 9 heteroatoms. The van der Waals surface area contributed by atoms with Crippen LogP contribution in [0.15, 0.2) is 24.4 Å². The topological polar surface area (TPSA) is 68.8 Å². The number of nitrogens with two attached hydrogens (primary N) is 1. The van der Waals surface area contributed by atoms with Gasteiger partial charge in [-0.2, -0.15) is 18.3 Å². The smallest absolute Gasteiger partial charge is 0.399 e. The summed E-state index contributed by atoms with van der Waals surface area (Å²) in [4.78, 5) is 4.21. The van der Waals surface area contributed by atoms with E-state index in [1.54, 1.807) is 4.68 Å². The van der Waals surface area contributed by atoms with Crippen LogP contribution in [0.25, 0.3) is 22.2 Å². The largest absolute Gasteiger partial charge is 0.417 e. The highest BCUT2D eigenvalue weighted by atomic mass is 19.4. The van der Waals surface area contributed by atoms with Crippen LogP contribution in [0, 0.1) is 17.7 Å². The number of fused-ring (bicyclic) bond motifs is 1. The number of alkyl halides is 3. The van der Waals surface area contributed by atoms with Gasteiger partial charge >= 0.3 is 6.18 Å². The van der Waals surface area contributed by atoms with Gasteiger partial charge in [0.2, 0.25) is 0 Å². The van der Waals surface area contributed by atoms with Gasteiger partial charge in [-0.3, -0.25) is 4.68 Å². The molecule has 5 rings (SSSR count). The number of nitrogen functional groups attached to an aromatic ring is 1. The van der Waals surface area contributed by atoms with Gasteiger partial charge in [0.05, 0.1) is 23.5 Å². The molecular weight excluding hydrogens is 434 g/mol. The van der Waals surface area contributed by atoms with E-state index in [1.807, 2.05) is 6.92 Å². The van der Waals surface area contributed by atoms with E-state index in [4.69, 9.17) is 5.73 Å². The molecule has 178 valence electrons. The lowest BCUT2D eigenvalue weighted by Crippen LogP contribution is -2.10. The summed E-state index contributed by atoms with van der Waals surface area (Å²) in [6.45, 7) is 8.86. The van der Waals surface area contributed by atoms with Crippen LogP contribution in [-0.4, -0.2) is 27.9 Å². The van der Waals surface area contributed by atoms with Gasteiger partial charge in [0.15, 0.2) is 5.82 Å². The second-order valence-electron chi connectivity index (χ2n) is 9.07. The van der Waals surface area contributed by atoms with Crippen LogP contribution in [-0.2, 0) is 12.6 Å². The van der Waals surface area contributed by atoms with Crippen molar-refractivity contribution in [3.8, 4) is 11.3 Å². The quantitative estimate of drug-likeness (QED) is 0.392. The van der Waals surface area contributed by atoms with Gasteiger partial charge in [0.1, 0.15) is 11.2 Å². The number of benzene rings is 1. The Balaban J connectivity index is 0.000000318. The summed E-state index contributed by atoms with van der Waals surface area (Å²) in [5.74, 6) is 1.01. The molecule has 33 heavy (non-hydrogen) atoms. The van der Waals surface area contributed by atoms with Gasteiger partial charge in [0.25, 0.3) is 0 Å². The fourth-order valence-electron chi connectivity index (χ4n) is 4.14. The summed E-state index contributed by atoms with van der Waals surface area (Å²) in [7, 11) is 0. The first kappa shape index (κ1) is 23.5. The molecule has 1 aliphatic carbocycles. The van der Waals surface area contributed by atoms with E-state index in [0.29, 0.717) is 17.5 Å². The maximum absolute atomic E-state index is 15.3. The summed E-state index contributed by atoms with van der Waals surface area (Å²) < 4.78 is 57.2. The van der Waals surface area contributed by atoms with Crippen LogP contribution in [0.1, 0.15) is 50.9 Å². The molecule has 2 unspecified atom stereocenters. The van der Waals surface area contributed by atoms with Crippen molar-refractivity contribution >= 4 is 16.6 Å². The molecule has 3 aromatic rings. The van der Waals surface area contributed by atoms with E-state index in [2.05, 4.69) is 29.2 Å². The Morgan fingerprint density at radius 3 is 2.33 bits per heavy atom. The molecule has 2 aliphatic rings. The third-order valence-corrected chi connectivity index (χ3v) is 6.50. The van der Waals surface area contributed by atoms with Crippen molar-refractivity contribution in [1.82, 2.24) is 20.1 Å². The summed E-state index contributed by atoms with van der Waals surface area (Å²) >= 11 is 0. The number of anilines is 1. The fraction of sp³-hybridized carbons (Fsp3) is 0.500. The van der Waals surface area contributed by atoms with Gasteiger partial charge in [-0.25, -0.2) is 9.37 Å². The lowest BCUT2D eigenvalue weighted by molar-refractivity contribution is -0.137. The van der Waals surface area contributed by atoms with Crippen molar-refractivity contribution in [3.63, 3.8) is 0 Å². The highest BCUT2D eigenvalue weighted by Gasteiger charge is 2.36. The number of rotatable bonds is 3. The number of hydrogen-bond donors (Lipinski definition) is 2. The van der Waals surface area contributed by atoms with Crippen molar-refractivity contribution in [2.24, 2.45) is 11.8 Å². The van der Waals surface area contributed by atoms with E-state index < -0.39 is 17.6 Å². The maximum Gasteiger partial charge on any atom is 0.417 e. The SMILES string of the molecule is CC1CNCC1C.CCc1nc(-c2cc(N)ccc2C(F)(F)F)c(F)c2c1cnn2C1CC1. The molecule has 1 saturated carbocycles. The van der Waals surface area contributed by atoms with E-state index in [1.165, 1.54) is 19.3 Å². The monoisotopic (exact) mass is 463 g/mol. The first-order chi connectivity index (χ1) is 15.6. The first-order valence-corrected chi connectivity index (χ1v) is 11.3. The second-order valence-corrected chi connectivity index (χ2v) is 9.07. The van der Waals surface area contributed by atoms with Crippen LogP contribution in [0.3, 0.4) is 0 Å². The molecule has 2 aromatic heterocycles. The standard InChI is InChI=1S/C18H16F4N4.C6H13N/c1-2-14-12-8-24-26(10-4-5-10)17(12)15(19)16(25-14)11-7-9(23)3-6-13(11)18(20,21)22;1-5-3-7-4-6(5)2/h3,6-8,10H,2,4-5,23H2,1H3;5-7H,3-4H2,1-2H3. The Labute approximate surface area is 190 Å². The third kappa shape index (κ3) is 4.69. The molecule has 0 bridgehead atoms. The van der Waals surface area contributed by atoms with Gasteiger partial charge in [-0.05, 0) is 62.4 Å². The highest BCUT2D eigenvalue weighted by Crippen LogP contribution is 2.42. The predicted molar refractivity (Wildman–Crippen MR) is 121 cm³/mol. The molecule has 0 radical (unpaired) electrons. The Kier molecular flexibility index (Phi) is 6.35. The van der Waals surface area contributed by atoms with Crippen LogP contribution in [0.2, 0.25) is 0 Å². The van der Waals surface area contributed by atoms with E-state index >= 15 is 4.39 Å². The fourth-order valence-corrected chi connectivity index (χ4v) is 4.14. The molecule has 5 nitrogen and oxygen atoms in total. The van der Waals surface area contributed by atoms with Crippen molar-refractivity contribution < 1.29 is 17.6 Å². The highest BCUT2D eigenvalue weighted by molar-refractivity contribution is 5.87. The number of hydrogen-bond acceptors (Lipinski definition) is 4. The first-order valence-electron chi connectivity index (χ1n) is 11.3. The van der Waals surface area contributed by atoms with Crippen LogP contribution in [0.5, 0.6) is 0 Å². The average molecular weight is 464 g/mol. The third-order valence-electron chi connectivity index (χ3n) is 6.50. The molecule has 2 atom stereocenters. The molecule has 3 heterocycles. The Morgan fingerprint density at radius 2 is 1.82 bits per heavy atom. The van der Waals surface area contributed by atoms with Gasteiger partial charge in [-0.1, -0.05) is 20.8 Å². The van der Waals surface area contributed by atoms with Crippen molar-refractivity contribution in [1.29, 1.82) is 0 Å². The number of nitrogens with one attached hydrogen (secondary N) is 1. The molecule has 0 amide bonds.